The summed E-state index contributed by atoms with van der Waals surface area (Å²) < 4.78 is 59.7. The van der Waals surface area contributed by atoms with Crippen molar-refractivity contribution in [2.45, 2.75) is 31.4 Å². The van der Waals surface area contributed by atoms with Crippen LogP contribution in [-0.4, -0.2) is 35.5 Å². The Balaban J connectivity index is 3.95. The third-order valence-electron chi connectivity index (χ3n) is 2.03. The van der Waals surface area contributed by atoms with E-state index in [1.54, 1.807) is 0 Å². The Morgan fingerprint density at radius 3 is 1.73 bits per heavy atom. The topological polar surface area (TPSA) is 40.5 Å². The zero-order valence-corrected chi connectivity index (χ0v) is 7.90. The summed E-state index contributed by atoms with van der Waals surface area (Å²) in [7, 11) is 0. The molecule has 0 radical (unpaired) electrons. The second-order valence-corrected chi connectivity index (χ2v) is 3.33. The molecule has 0 rings (SSSR count). The molecule has 0 saturated heterocycles. The zero-order valence-electron chi connectivity index (χ0n) is 7.90. The second kappa shape index (κ2) is 5.60. The van der Waals surface area contributed by atoms with Gasteiger partial charge in [-0.1, -0.05) is 0 Å². The fraction of sp³-hybridized carbons (Fsp3) is 1.00. The summed E-state index contributed by atoms with van der Waals surface area (Å²) in [6.07, 6.45) is -7.29. The Morgan fingerprint density at radius 2 is 1.40 bits per heavy atom. The molecule has 92 valence electrons. The maximum Gasteiger partial charge on any atom is 0.453 e. The van der Waals surface area contributed by atoms with Crippen LogP contribution >= 0.6 is 0 Å². The number of aliphatic hydroxyl groups excluding tert-OH is 2. The Hall–Kier alpha value is -0.430. The van der Waals surface area contributed by atoms with E-state index in [-0.39, 0.29) is 6.42 Å². The molecule has 0 fully saturated rings. The lowest BCUT2D eigenvalue weighted by Crippen LogP contribution is -2.36. The van der Waals surface area contributed by atoms with E-state index in [0.717, 1.165) is 0 Å². The molecule has 0 atom stereocenters. The van der Waals surface area contributed by atoms with Crippen LogP contribution in [0.25, 0.3) is 0 Å². The standard InChI is InChI=1S/C8H13F5O2/c9-7(10,8(11,12)13)3-1-2-6(4-14)5-15/h6,14-15H,1-5H2. The molecule has 0 aliphatic rings. The van der Waals surface area contributed by atoms with Gasteiger partial charge in [-0.05, 0) is 12.8 Å². The number of hydrogen-bond acceptors (Lipinski definition) is 2. The fourth-order valence-corrected chi connectivity index (χ4v) is 0.995. The van der Waals surface area contributed by atoms with Crippen molar-refractivity contribution < 1.29 is 32.2 Å². The maximum atomic E-state index is 12.3. The van der Waals surface area contributed by atoms with E-state index in [1.807, 2.05) is 0 Å². The van der Waals surface area contributed by atoms with Crippen LogP contribution in [0.1, 0.15) is 19.3 Å². The Morgan fingerprint density at radius 1 is 0.933 bits per heavy atom. The minimum Gasteiger partial charge on any atom is -0.396 e. The van der Waals surface area contributed by atoms with E-state index in [0.29, 0.717) is 0 Å². The van der Waals surface area contributed by atoms with Crippen LogP contribution in [-0.2, 0) is 0 Å². The van der Waals surface area contributed by atoms with E-state index in [4.69, 9.17) is 10.2 Å². The van der Waals surface area contributed by atoms with Crippen molar-refractivity contribution >= 4 is 0 Å². The van der Waals surface area contributed by atoms with Gasteiger partial charge in [0.15, 0.2) is 0 Å². The predicted octanol–water partition coefficient (Wildman–Crippen LogP) is 1.96. The van der Waals surface area contributed by atoms with Crippen LogP contribution in [0.2, 0.25) is 0 Å². The first-order valence-electron chi connectivity index (χ1n) is 4.41. The number of aliphatic hydroxyl groups is 2. The largest absolute Gasteiger partial charge is 0.453 e. The Kier molecular flexibility index (Phi) is 5.44. The summed E-state index contributed by atoms with van der Waals surface area (Å²) in [6, 6.07) is 0. The van der Waals surface area contributed by atoms with Crippen molar-refractivity contribution in [2.24, 2.45) is 5.92 Å². The molecule has 15 heavy (non-hydrogen) atoms. The normalized spacial score (nSPS) is 13.6. The highest BCUT2D eigenvalue weighted by Gasteiger charge is 2.56. The summed E-state index contributed by atoms with van der Waals surface area (Å²) in [5.41, 5.74) is 0. The van der Waals surface area contributed by atoms with Crippen LogP contribution in [0.4, 0.5) is 22.0 Å². The van der Waals surface area contributed by atoms with Crippen molar-refractivity contribution in [3.8, 4) is 0 Å². The van der Waals surface area contributed by atoms with Gasteiger partial charge < -0.3 is 10.2 Å². The minimum atomic E-state index is -5.53. The zero-order chi connectivity index (χ0) is 12.1. The number of rotatable bonds is 6. The molecule has 0 saturated carbocycles. The summed E-state index contributed by atoms with van der Waals surface area (Å²) in [5, 5.41) is 17.1. The van der Waals surface area contributed by atoms with Gasteiger partial charge in [-0.15, -0.1) is 0 Å². The van der Waals surface area contributed by atoms with Gasteiger partial charge in [0.2, 0.25) is 0 Å². The molecule has 0 bridgehead atoms. The molecule has 0 heterocycles. The van der Waals surface area contributed by atoms with Crippen molar-refractivity contribution in [1.29, 1.82) is 0 Å². The van der Waals surface area contributed by atoms with Gasteiger partial charge in [0, 0.05) is 25.6 Å². The molecule has 0 spiro atoms. The van der Waals surface area contributed by atoms with Crippen LogP contribution in [0, 0.1) is 5.92 Å². The molecule has 0 aromatic heterocycles. The van der Waals surface area contributed by atoms with E-state index >= 15 is 0 Å². The monoisotopic (exact) mass is 236 g/mol. The molecule has 7 heteroatoms. The van der Waals surface area contributed by atoms with Gasteiger partial charge in [-0.25, -0.2) is 0 Å². The third kappa shape index (κ3) is 4.74. The van der Waals surface area contributed by atoms with Gasteiger partial charge in [0.1, 0.15) is 0 Å². The molecule has 0 aromatic carbocycles. The summed E-state index contributed by atoms with van der Waals surface area (Å²) in [6.45, 7) is -0.845. The summed E-state index contributed by atoms with van der Waals surface area (Å²) >= 11 is 0. The molecule has 0 unspecified atom stereocenters. The average Bonchev–Trinajstić information content (AvgIpc) is 2.10. The summed E-state index contributed by atoms with van der Waals surface area (Å²) in [5.74, 6) is -5.32. The molecular formula is C8H13F5O2. The van der Waals surface area contributed by atoms with Crippen LogP contribution < -0.4 is 0 Å². The molecular weight excluding hydrogens is 223 g/mol. The lowest BCUT2D eigenvalue weighted by Gasteiger charge is -2.20. The lowest BCUT2D eigenvalue weighted by molar-refractivity contribution is -0.284. The van der Waals surface area contributed by atoms with E-state index in [1.165, 1.54) is 0 Å². The maximum absolute atomic E-state index is 12.3. The van der Waals surface area contributed by atoms with E-state index < -0.39 is 44.1 Å². The van der Waals surface area contributed by atoms with Gasteiger partial charge in [0.05, 0.1) is 0 Å². The highest BCUT2D eigenvalue weighted by molar-refractivity contribution is 4.75. The Bertz CT molecular complexity index is 176. The number of halogens is 5. The van der Waals surface area contributed by atoms with Crippen LogP contribution in [0.15, 0.2) is 0 Å². The van der Waals surface area contributed by atoms with Crippen molar-refractivity contribution in [2.75, 3.05) is 13.2 Å². The fourth-order valence-electron chi connectivity index (χ4n) is 0.995. The highest BCUT2D eigenvalue weighted by atomic mass is 19.4. The van der Waals surface area contributed by atoms with E-state index in [2.05, 4.69) is 0 Å². The van der Waals surface area contributed by atoms with Gasteiger partial charge in [-0.2, -0.15) is 22.0 Å². The van der Waals surface area contributed by atoms with Crippen LogP contribution in [0.5, 0.6) is 0 Å². The third-order valence-corrected chi connectivity index (χ3v) is 2.03. The van der Waals surface area contributed by atoms with Gasteiger partial charge in [0.25, 0.3) is 0 Å². The van der Waals surface area contributed by atoms with Crippen molar-refractivity contribution in [3.63, 3.8) is 0 Å². The highest BCUT2D eigenvalue weighted by Crippen LogP contribution is 2.39. The molecule has 2 nitrogen and oxygen atoms in total. The number of alkyl halides is 5. The van der Waals surface area contributed by atoms with Gasteiger partial charge in [-0.3, -0.25) is 0 Å². The van der Waals surface area contributed by atoms with Crippen LogP contribution in [0.3, 0.4) is 0 Å². The smallest absolute Gasteiger partial charge is 0.396 e. The first-order chi connectivity index (χ1) is 6.74. The average molecular weight is 236 g/mol. The second-order valence-electron chi connectivity index (χ2n) is 3.33. The van der Waals surface area contributed by atoms with Gasteiger partial charge >= 0.3 is 12.1 Å². The predicted molar refractivity (Wildman–Crippen MR) is 42.5 cm³/mol. The molecule has 0 aromatic rings. The molecule has 0 amide bonds. The van der Waals surface area contributed by atoms with E-state index in [9.17, 15) is 22.0 Å². The summed E-state index contributed by atoms with van der Waals surface area (Å²) in [4.78, 5) is 0. The minimum absolute atomic E-state index is 0.0569. The molecule has 0 aliphatic heterocycles. The Labute approximate surface area is 83.7 Å². The first-order valence-corrected chi connectivity index (χ1v) is 4.41. The lowest BCUT2D eigenvalue weighted by atomic mass is 10.0. The molecule has 0 aliphatic carbocycles. The SMILES string of the molecule is OCC(CO)CCCC(F)(F)C(F)(F)F. The molecule has 2 N–H and O–H groups in total. The first kappa shape index (κ1) is 14.6. The quantitative estimate of drug-likeness (QED) is 0.692. The van der Waals surface area contributed by atoms with Crippen molar-refractivity contribution in [1.82, 2.24) is 0 Å². The number of hydrogen-bond donors (Lipinski definition) is 2. The van der Waals surface area contributed by atoms with Crippen molar-refractivity contribution in [3.05, 3.63) is 0 Å².